The van der Waals surface area contributed by atoms with Crippen molar-refractivity contribution in [3.05, 3.63) is 23.8 Å². The highest BCUT2D eigenvalue weighted by atomic mass is 16.6. The molecule has 1 N–H and O–H groups in total. The van der Waals surface area contributed by atoms with Gasteiger partial charge in [0.05, 0.1) is 12.8 Å². The van der Waals surface area contributed by atoms with Crippen LogP contribution in [0.4, 0.5) is 10.5 Å². The lowest BCUT2D eigenvalue weighted by Crippen LogP contribution is -2.57. The second-order valence-electron chi connectivity index (χ2n) is 6.69. The number of benzene rings is 1. The second-order valence-corrected chi connectivity index (χ2v) is 6.69. The van der Waals surface area contributed by atoms with Gasteiger partial charge in [0.1, 0.15) is 17.6 Å². The van der Waals surface area contributed by atoms with Crippen molar-refractivity contribution in [3.8, 4) is 5.75 Å². The van der Waals surface area contributed by atoms with Crippen molar-refractivity contribution in [2.75, 3.05) is 12.0 Å². The molecule has 0 aromatic heterocycles. The first kappa shape index (κ1) is 17.8. The summed E-state index contributed by atoms with van der Waals surface area (Å²) in [6, 6.07) is 4.96. The number of carboxylic acid groups (broad SMARTS) is 1. The normalized spacial score (nSPS) is 19.6. The summed E-state index contributed by atoms with van der Waals surface area (Å²) in [4.78, 5) is 36.9. The number of carboxylic acids is 1. The fourth-order valence-electron chi connectivity index (χ4n) is 2.79. The van der Waals surface area contributed by atoms with Gasteiger partial charge < -0.3 is 19.4 Å². The number of methoxy groups -OCH3 is 1. The van der Waals surface area contributed by atoms with Crippen LogP contribution in [0, 0.1) is 0 Å². The Labute approximate surface area is 140 Å². The number of aldehydes is 1. The molecule has 1 heterocycles. The van der Waals surface area contributed by atoms with E-state index in [1.54, 1.807) is 39.0 Å². The number of anilines is 1. The van der Waals surface area contributed by atoms with E-state index in [2.05, 4.69) is 0 Å². The summed E-state index contributed by atoms with van der Waals surface area (Å²) < 4.78 is 10.5. The van der Waals surface area contributed by atoms with Crippen LogP contribution in [0.25, 0.3) is 0 Å². The molecule has 1 aromatic rings. The summed E-state index contributed by atoms with van der Waals surface area (Å²) in [5.74, 6) is -0.773. The van der Waals surface area contributed by atoms with Gasteiger partial charge in [-0.25, -0.2) is 9.59 Å². The van der Waals surface area contributed by atoms with Crippen LogP contribution < -0.4 is 9.64 Å². The number of fused-ring (bicyclic) bond motifs is 1. The van der Waals surface area contributed by atoms with Gasteiger partial charge in [0, 0.05) is 18.9 Å². The first-order chi connectivity index (χ1) is 11.1. The zero-order chi connectivity index (χ0) is 18.1. The summed E-state index contributed by atoms with van der Waals surface area (Å²) in [6.45, 7) is 5.07. The van der Waals surface area contributed by atoms with Crippen molar-refractivity contribution in [3.63, 3.8) is 0 Å². The van der Waals surface area contributed by atoms with E-state index in [0.29, 0.717) is 23.3 Å². The number of carbonyl (C=O) groups excluding carboxylic acids is 2. The van der Waals surface area contributed by atoms with Gasteiger partial charge in [-0.2, -0.15) is 0 Å². The van der Waals surface area contributed by atoms with Gasteiger partial charge in [0.15, 0.2) is 5.54 Å². The van der Waals surface area contributed by atoms with Crippen LogP contribution in [0.5, 0.6) is 5.75 Å². The molecule has 7 nitrogen and oxygen atoms in total. The van der Waals surface area contributed by atoms with Gasteiger partial charge >= 0.3 is 12.1 Å². The number of amides is 1. The van der Waals surface area contributed by atoms with Crippen molar-refractivity contribution >= 4 is 24.0 Å². The minimum atomic E-state index is -1.70. The molecule has 130 valence electrons. The predicted octanol–water partition coefficient (Wildman–Crippen LogP) is 2.41. The van der Waals surface area contributed by atoms with Gasteiger partial charge in [-0.1, -0.05) is 6.07 Å². The number of rotatable bonds is 4. The van der Waals surface area contributed by atoms with Crippen LogP contribution >= 0.6 is 0 Å². The third-order valence-electron chi connectivity index (χ3n) is 3.84. The van der Waals surface area contributed by atoms with Crippen LogP contribution in [-0.2, 0) is 20.7 Å². The summed E-state index contributed by atoms with van der Waals surface area (Å²) in [5, 5.41) is 9.77. The van der Waals surface area contributed by atoms with Gasteiger partial charge in [0.2, 0.25) is 0 Å². The number of ether oxygens (including phenoxy) is 2. The molecule has 1 atom stereocenters. The Morgan fingerprint density at radius 2 is 2.04 bits per heavy atom. The Bertz CT molecular complexity index is 678. The van der Waals surface area contributed by atoms with Crippen LogP contribution in [0.2, 0.25) is 0 Å². The molecule has 1 aromatic carbocycles. The highest BCUT2D eigenvalue weighted by molar-refractivity contribution is 6.03. The first-order valence-corrected chi connectivity index (χ1v) is 7.52. The van der Waals surface area contributed by atoms with Crippen molar-refractivity contribution < 1.29 is 29.0 Å². The lowest BCUT2D eigenvalue weighted by atomic mass is 9.91. The Hall–Kier alpha value is -2.57. The highest BCUT2D eigenvalue weighted by Crippen LogP contribution is 2.43. The van der Waals surface area contributed by atoms with Crippen LogP contribution in [-0.4, -0.2) is 41.7 Å². The minimum absolute atomic E-state index is 0.0274. The molecule has 0 fully saturated rings. The monoisotopic (exact) mass is 335 g/mol. The highest BCUT2D eigenvalue weighted by Gasteiger charge is 2.54. The molecule has 0 spiro atoms. The van der Waals surface area contributed by atoms with E-state index in [1.807, 2.05) is 0 Å². The fraction of sp³-hybridized carbons (Fsp3) is 0.471. The lowest BCUT2D eigenvalue weighted by Gasteiger charge is -2.35. The molecular weight excluding hydrogens is 314 g/mol. The molecule has 0 radical (unpaired) electrons. The average Bonchev–Trinajstić information content (AvgIpc) is 2.79. The van der Waals surface area contributed by atoms with Crippen molar-refractivity contribution in [2.45, 2.75) is 44.8 Å². The molecule has 0 aliphatic carbocycles. The predicted molar refractivity (Wildman–Crippen MR) is 86.5 cm³/mol. The van der Waals surface area contributed by atoms with Crippen molar-refractivity contribution in [1.82, 2.24) is 0 Å². The third-order valence-corrected chi connectivity index (χ3v) is 3.84. The topological polar surface area (TPSA) is 93.1 Å². The average molecular weight is 335 g/mol. The van der Waals surface area contributed by atoms with Crippen LogP contribution in [0.1, 0.15) is 32.8 Å². The molecule has 1 unspecified atom stereocenters. The number of nitrogens with zero attached hydrogens (tertiary/aromatic N) is 1. The zero-order valence-corrected chi connectivity index (χ0v) is 14.2. The summed E-state index contributed by atoms with van der Waals surface area (Å²) >= 11 is 0. The molecular formula is C17H21NO6. The van der Waals surface area contributed by atoms with E-state index in [9.17, 15) is 19.5 Å². The van der Waals surface area contributed by atoms with E-state index in [-0.39, 0.29) is 12.8 Å². The van der Waals surface area contributed by atoms with Gasteiger partial charge in [-0.15, -0.1) is 0 Å². The number of carbonyl (C=O) groups is 3. The number of aliphatic carboxylic acids is 1. The second kappa shape index (κ2) is 6.14. The smallest absolute Gasteiger partial charge is 0.415 e. The molecule has 0 saturated heterocycles. The minimum Gasteiger partial charge on any atom is -0.497 e. The van der Waals surface area contributed by atoms with Crippen molar-refractivity contribution in [2.24, 2.45) is 0 Å². The number of hydrogen-bond donors (Lipinski definition) is 1. The molecule has 2 rings (SSSR count). The van der Waals surface area contributed by atoms with Crippen LogP contribution in [0.15, 0.2) is 18.2 Å². The van der Waals surface area contributed by atoms with E-state index < -0.39 is 23.2 Å². The molecule has 0 saturated carbocycles. The largest absolute Gasteiger partial charge is 0.497 e. The van der Waals surface area contributed by atoms with Gasteiger partial charge in [-0.3, -0.25) is 4.90 Å². The van der Waals surface area contributed by atoms with E-state index in [1.165, 1.54) is 7.11 Å². The Morgan fingerprint density at radius 3 is 2.54 bits per heavy atom. The Kier molecular flexibility index (Phi) is 4.55. The first-order valence-electron chi connectivity index (χ1n) is 7.52. The fourth-order valence-corrected chi connectivity index (χ4v) is 2.79. The maximum absolute atomic E-state index is 12.7. The van der Waals surface area contributed by atoms with Gasteiger partial charge in [-0.05, 0) is 32.4 Å². The van der Waals surface area contributed by atoms with E-state index in [4.69, 9.17) is 9.47 Å². The third kappa shape index (κ3) is 3.06. The quantitative estimate of drug-likeness (QED) is 0.849. The lowest BCUT2D eigenvalue weighted by molar-refractivity contribution is -0.144. The molecule has 1 aliphatic heterocycles. The standard InChI is InChI=1S/C17H21NO6/c1-16(2,3)24-15(22)18-13-9-12(23-4)6-5-11(13)10-17(18,7-8-19)14(20)21/h5-6,8-9H,7,10H2,1-4H3,(H,20,21). The molecule has 0 bridgehead atoms. The maximum Gasteiger partial charge on any atom is 0.415 e. The SMILES string of the molecule is COc1ccc2c(c1)N(C(=O)OC(C)(C)C)C(CC=O)(C(=O)O)C2. The summed E-state index contributed by atoms with van der Waals surface area (Å²) in [5.41, 5.74) is -1.47. The molecule has 7 heteroatoms. The summed E-state index contributed by atoms with van der Waals surface area (Å²) in [7, 11) is 1.48. The molecule has 24 heavy (non-hydrogen) atoms. The zero-order valence-electron chi connectivity index (χ0n) is 14.2. The van der Waals surface area contributed by atoms with Crippen LogP contribution in [0.3, 0.4) is 0 Å². The van der Waals surface area contributed by atoms with E-state index in [0.717, 1.165) is 4.90 Å². The maximum atomic E-state index is 12.7. The molecule has 1 amide bonds. The Morgan fingerprint density at radius 1 is 1.38 bits per heavy atom. The molecule has 1 aliphatic rings. The van der Waals surface area contributed by atoms with Gasteiger partial charge in [0.25, 0.3) is 0 Å². The number of hydrogen-bond acceptors (Lipinski definition) is 5. The summed E-state index contributed by atoms with van der Waals surface area (Å²) in [6.07, 6.45) is -0.606. The van der Waals surface area contributed by atoms with Crippen molar-refractivity contribution in [1.29, 1.82) is 0 Å². The van der Waals surface area contributed by atoms with E-state index >= 15 is 0 Å². The Balaban J connectivity index is 2.59.